The van der Waals surface area contributed by atoms with Crippen molar-refractivity contribution in [3.63, 3.8) is 0 Å². The van der Waals surface area contributed by atoms with Crippen molar-refractivity contribution < 1.29 is 0 Å². The van der Waals surface area contributed by atoms with Gasteiger partial charge in [-0.3, -0.25) is 0 Å². The van der Waals surface area contributed by atoms with Gasteiger partial charge in [0, 0.05) is 6.20 Å². The van der Waals surface area contributed by atoms with Crippen LogP contribution in [0.4, 0.5) is 0 Å². The van der Waals surface area contributed by atoms with Crippen LogP contribution in [0.2, 0.25) is 5.15 Å². The molecule has 1 aromatic heterocycles. The smallest absolute Gasteiger partial charge is 0.144 e. The Morgan fingerprint density at radius 2 is 2.18 bits per heavy atom. The molecule has 56 valence electrons. The molecule has 0 N–H and O–H groups in total. The van der Waals surface area contributed by atoms with Crippen LogP contribution in [0.5, 0.6) is 0 Å². The van der Waals surface area contributed by atoms with E-state index in [0.717, 1.165) is 11.1 Å². The molecular formula is C9H8ClN. The Morgan fingerprint density at radius 3 is 2.64 bits per heavy atom. The molecule has 0 aliphatic carbocycles. The van der Waals surface area contributed by atoms with E-state index in [9.17, 15) is 0 Å². The maximum Gasteiger partial charge on any atom is 0.144 e. The molecule has 0 saturated heterocycles. The summed E-state index contributed by atoms with van der Waals surface area (Å²) < 4.78 is 0. The molecule has 0 aliphatic rings. The van der Waals surface area contributed by atoms with Gasteiger partial charge < -0.3 is 0 Å². The van der Waals surface area contributed by atoms with Gasteiger partial charge in [0.05, 0.1) is 5.56 Å². The van der Waals surface area contributed by atoms with Crippen molar-refractivity contribution in [1.29, 1.82) is 0 Å². The van der Waals surface area contributed by atoms with E-state index < -0.39 is 0 Å². The van der Waals surface area contributed by atoms with Crippen molar-refractivity contribution in [2.24, 2.45) is 0 Å². The van der Waals surface area contributed by atoms with E-state index in [1.807, 2.05) is 13.8 Å². The molecule has 0 atom stereocenters. The van der Waals surface area contributed by atoms with E-state index in [0.29, 0.717) is 10.7 Å². The Hall–Kier alpha value is -1.00. The number of aryl methyl sites for hydroxylation is 1. The number of halogens is 1. The molecule has 1 aromatic rings. The first-order valence-corrected chi connectivity index (χ1v) is 3.63. The van der Waals surface area contributed by atoms with Crippen LogP contribution in [-0.4, -0.2) is 4.98 Å². The van der Waals surface area contributed by atoms with Gasteiger partial charge >= 0.3 is 0 Å². The van der Waals surface area contributed by atoms with E-state index in [4.69, 9.17) is 18.0 Å². The standard InChI is InChI=1S/C9H8ClN/c1-4-8-7(3)6(2)5-11-9(8)10/h1,5H,2-3H3. The van der Waals surface area contributed by atoms with Crippen LogP contribution < -0.4 is 0 Å². The first-order valence-electron chi connectivity index (χ1n) is 3.25. The van der Waals surface area contributed by atoms with Gasteiger partial charge in [-0.2, -0.15) is 0 Å². The Morgan fingerprint density at radius 1 is 1.55 bits per heavy atom. The predicted octanol–water partition coefficient (Wildman–Crippen LogP) is 2.33. The number of rotatable bonds is 0. The highest BCUT2D eigenvalue weighted by Gasteiger charge is 2.03. The molecule has 11 heavy (non-hydrogen) atoms. The zero-order valence-corrected chi connectivity index (χ0v) is 7.24. The zero-order valence-electron chi connectivity index (χ0n) is 6.48. The van der Waals surface area contributed by atoms with Crippen molar-refractivity contribution in [3.05, 3.63) is 28.0 Å². The molecule has 0 fully saturated rings. The van der Waals surface area contributed by atoms with E-state index in [1.165, 1.54) is 0 Å². The number of nitrogens with zero attached hydrogens (tertiary/aromatic N) is 1. The minimum Gasteiger partial charge on any atom is -0.243 e. The third-order valence-corrected chi connectivity index (χ3v) is 1.98. The summed E-state index contributed by atoms with van der Waals surface area (Å²) in [5.41, 5.74) is 2.81. The molecule has 0 unspecified atom stereocenters. The molecule has 0 amide bonds. The van der Waals surface area contributed by atoms with Gasteiger partial charge in [-0.15, -0.1) is 6.42 Å². The lowest BCUT2D eigenvalue weighted by Crippen LogP contribution is -1.90. The fraction of sp³-hybridized carbons (Fsp3) is 0.222. The SMILES string of the molecule is C#Cc1c(Cl)ncc(C)c1C. The Bertz CT molecular complexity index is 323. The molecule has 2 heteroatoms. The maximum absolute atomic E-state index is 5.75. The normalized spacial score (nSPS) is 9.27. The van der Waals surface area contributed by atoms with Gasteiger partial charge in [0.15, 0.2) is 0 Å². The average Bonchev–Trinajstić information content (AvgIpc) is 1.99. The lowest BCUT2D eigenvalue weighted by molar-refractivity contribution is 1.20. The summed E-state index contributed by atoms with van der Waals surface area (Å²) in [5, 5.41) is 0.413. The second kappa shape index (κ2) is 2.94. The van der Waals surface area contributed by atoms with Crippen molar-refractivity contribution in [2.45, 2.75) is 13.8 Å². The van der Waals surface area contributed by atoms with Crippen molar-refractivity contribution in [1.82, 2.24) is 4.98 Å². The highest BCUT2D eigenvalue weighted by molar-refractivity contribution is 6.30. The first kappa shape index (κ1) is 8.10. The highest BCUT2D eigenvalue weighted by atomic mass is 35.5. The first-order chi connectivity index (χ1) is 5.16. The lowest BCUT2D eigenvalue weighted by Gasteiger charge is -2.02. The summed E-state index contributed by atoms with van der Waals surface area (Å²) in [4.78, 5) is 3.93. The third-order valence-electron chi connectivity index (χ3n) is 1.69. The second-order valence-corrected chi connectivity index (χ2v) is 2.73. The maximum atomic E-state index is 5.75. The van der Waals surface area contributed by atoms with E-state index in [2.05, 4.69) is 10.9 Å². The number of hydrogen-bond acceptors (Lipinski definition) is 1. The van der Waals surface area contributed by atoms with Gasteiger partial charge in [0.1, 0.15) is 5.15 Å². The molecular weight excluding hydrogens is 158 g/mol. The largest absolute Gasteiger partial charge is 0.243 e. The molecule has 1 nitrogen and oxygen atoms in total. The van der Waals surface area contributed by atoms with Gasteiger partial charge in [0.25, 0.3) is 0 Å². The Balaban J connectivity index is 3.44. The van der Waals surface area contributed by atoms with Crippen molar-refractivity contribution >= 4 is 11.6 Å². The zero-order chi connectivity index (χ0) is 8.43. The molecule has 0 spiro atoms. The fourth-order valence-electron chi connectivity index (χ4n) is 0.835. The third kappa shape index (κ3) is 1.36. The minimum absolute atomic E-state index is 0.413. The summed E-state index contributed by atoms with van der Waals surface area (Å²) in [7, 11) is 0. The molecule has 0 radical (unpaired) electrons. The summed E-state index contributed by atoms with van der Waals surface area (Å²) in [6.45, 7) is 3.90. The number of aromatic nitrogens is 1. The lowest BCUT2D eigenvalue weighted by atomic mass is 10.1. The van der Waals surface area contributed by atoms with Crippen molar-refractivity contribution in [3.8, 4) is 12.3 Å². The highest BCUT2D eigenvalue weighted by Crippen LogP contribution is 2.18. The monoisotopic (exact) mass is 165 g/mol. The van der Waals surface area contributed by atoms with E-state index >= 15 is 0 Å². The minimum atomic E-state index is 0.413. The van der Waals surface area contributed by atoms with Crippen LogP contribution in [0.25, 0.3) is 0 Å². The van der Waals surface area contributed by atoms with Crippen LogP contribution >= 0.6 is 11.6 Å². The van der Waals surface area contributed by atoms with Crippen LogP contribution in [-0.2, 0) is 0 Å². The average molecular weight is 166 g/mol. The predicted molar refractivity (Wildman–Crippen MR) is 46.7 cm³/mol. The number of terminal acetylenes is 1. The quantitative estimate of drug-likeness (QED) is 0.425. The van der Waals surface area contributed by atoms with Gasteiger partial charge in [0.2, 0.25) is 0 Å². The summed E-state index contributed by atoms with van der Waals surface area (Å²) in [5.74, 6) is 2.51. The Labute approximate surface area is 71.4 Å². The summed E-state index contributed by atoms with van der Waals surface area (Å²) in [6.07, 6.45) is 6.97. The molecule has 0 bridgehead atoms. The number of pyridine rings is 1. The van der Waals surface area contributed by atoms with Crippen LogP contribution in [0, 0.1) is 26.2 Å². The number of hydrogen-bond donors (Lipinski definition) is 0. The van der Waals surface area contributed by atoms with E-state index in [1.54, 1.807) is 6.20 Å². The molecule has 0 aromatic carbocycles. The summed E-state index contributed by atoms with van der Waals surface area (Å²) in [6, 6.07) is 0. The fourth-order valence-corrected chi connectivity index (χ4v) is 1.08. The topological polar surface area (TPSA) is 12.9 Å². The van der Waals surface area contributed by atoms with Gasteiger partial charge in [-0.25, -0.2) is 4.98 Å². The van der Waals surface area contributed by atoms with Crippen LogP contribution in [0.3, 0.4) is 0 Å². The molecule has 1 rings (SSSR count). The second-order valence-electron chi connectivity index (χ2n) is 2.38. The summed E-state index contributed by atoms with van der Waals surface area (Å²) >= 11 is 5.75. The molecule has 1 heterocycles. The van der Waals surface area contributed by atoms with Crippen LogP contribution in [0.15, 0.2) is 6.20 Å². The molecule has 0 aliphatic heterocycles. The van der Waals surface area contributed by atoms with Gasteiger partial charge in [-0.05, 0) is 25.0 Å². The van der Waals surface area contributed by atoms with Gasteiger partial charge in [-0.1, -0.05) is 17.5 Å². The Kier molecular flexibility index (Phi) is 2.16. The van der Waals surface area contributed by atoms with Crippen molar-refractivity contribution in [2.75, 3.05) is 0 Å². The van der Waals surface area contributed by atoms with E-state index in [-0.39, 0.29) is 0 Å². The molecule has 0 saturated carbocycles. The van der Waals surface area contributed by atoms with Crippen LogP contribution in [0.1, 0.15) is 16.7 Å².